The molecular weight excluding hydrogens is 320 g/mol. The molecule has 0 aromatic carbocycles. The van der Waals surface area contributed by atoms with Crippen molar-refractivity contribution in [2.24, 2.45) is 0 Å². The fourth-order valence-electron chi connectivity index (χ4n) is 3.11. The van der Waals surface area contributed by atoms with Gasteiger partial charge in [-0.2, -0.15) is 0 Å². The van der Waals surface area contributed by atoms with E-state index in [1.807, 2.05) is 17.9 Å². The molecule has 0 bridgehead atoms. The summed E-state index contributed by atoms with van der Waals surface area (Å²) in [5, 5.41) is 4.16. The first-order valence-electron chi connectivity index (χ1n) is 8.85. The zero-order valence-electron chi connectivity index (χ0n) is 15.4. The molecule has 7 heteroatoms. The van der Waals surface area contributed by atoms with E-state index in [0.717, 1.165) is 44.1 Å². The van der Waals surface area contributed by atoms with Crippen LogP contribution in [0.1, 0.15) is 59.8 Å². The highest BCUT2D eigenvalue weighted by Crippen LogP contribution is 2.18. The molecule has 25 heavy (non-hydrogen) atoms. The van der Waals surface area contributed by atoms with Gasteiger partial charge in [0.2, 0.25) is 5.76 Å². The summed E-state index contributed by atoms with van der Waals surface area (Å²) in [5.74, 6) is 2.08. The number of hydrogen-bond donors (Lipinski definition) is 0. The van der Waals surface area contributed by atoms with Crippen LogP contribution in [0.15, 0.2) is 15.0 Å². The largest absolute Gasteiger partial charge is 0.436 e. The third kappa shape index (κ3) is 4.10. The highest BCUT2D eigenvalue weighted by Gasteiger charge is 2.25. The Balaban J connectivity index is 1.60. The van der Waals surface area contributed by atoms with E-state index in [-0.39, 0.29) is 5.91 Å². The Morgan fingerprint density at radius 1 is 1.24 bits per heavy atom. The normalized spacial score (nSPS) is 16.4. The lowest BCUT2D eigenvalue weighted by Gasteiger charge is -2.20. The fourth-order valence-corrected chi connectivity index (χ4v) is 3.11. The third-order valence-corrected chi connectivity index (χ3v) is 4.51. The summed E-state index contributed by atoms with van der Waals surface area (Å²) in [6, 6.07) is 2.03. The lowest BCUT2D eigenvalue weighted by atomic mass is 10.1. The molecule has 0 unspecified atom stereocenters. The molecule has 2 aromatic rings. The Kier molecular flexibility index (Phi) is 5.22. The number of aromatic nitrogens is 2. The van der Waals surface area contributed by atoms with Gasteiger partial charge in [0.05, 0.1) is 11.4 Å². The van der Waals surface area contributed by atoms with Crippen molar-refractivity contribution in [3.8, 4) is 0 Å². The highest BCUT2D eigenvalue weighted by atomic mass is 16.5. The SMILES string of the molecule is Cc1nc(C)c(C(=O)N2CCCN(Cc3cc(C(C)C)on3)CC2)o1. The summed E-state index contributed by atoms with van der Waals surface area (Å²) in [6.07, 6.45) is 0.923. The average molecular weight is 346 g/mol. The van der Waals surface area contributed by atoms with Gasteiger partial charge >= 0.3 is 0 Å². The molecule has 0 atom stereocenters. The molecule has 0 spiro atoms. The Bertz CT molecular complexity index is 735. The van der Waals surface area contributed by atoms with Crippen molar-refractivity contribution < 1.29 is 13.7 Å². The second-order valence-corrected chi connectivity index (χ2v) is 6.94. The molecule has 3 heterocycles. The van der Waals surface area contributed by atoms with Crippen molar-refractivity contribution in [3.63, 3.8) is 0 Å². The van der Waals surface area contributed by atoms with E-state index in [2.05, 4.69) is 28.9 Å². The number of amides is 1. The van der Waals surface area contributed by atoms with E-state index in [1.165, 1.54) is 0 Å². The van der Waals surface area contributed by atoms with Crippen molar-refractivity contribution in [2.45, 2.75) is 46.6 Å². The van der Waals surface area contributed by atoms with Crippen LogP contribution in [-0.2, 0) is 6.54 Å². The first-order valence-corrected chi connectivity index (χ1v) is 8.85. The van der Waals surface area contributed by atoms with Crippen LogP contribution in [0.5, 0.6) is 0 Å². The lowest BCUT2D eigenvalue weighted by Crippen LogP contribution is -2.35. The van der Waals surface area contributed by atoms with Gasteiger partial charge in [-0.15, -0.1) is 0 Å². The molecule has 1 fully saturated rings. The van der Waals surface area contributed by atoms with Crippen molar-refractivity contribution in [3.05, 3.63) is 34.9 Å². The quantitative estimate of drug-likeness (QED) is 0.847. The van der Waals surface area contributed by atoms with Crippen LogP contribution >= 0.6 is 0 Å². The smallest absolute Gasteiger partial charge is 0.291 e. The van der Waals surface area contributed by atoms with Crippen LogP contribution in [0.25, 0.3) is 0 Å². The molecule has 1 aliphatic rings. The van der Waals surface area contributed by atoms with Gasteiger partial charge in [-0.3, -0.25) is 9.69 Å². The standard InChI is InChI=1S/C18H26N4O3/c1-12(2)16-10-15(20-25-16)11-21-6-5-7-22(9-8-21)18(23)17-13(3)19-14(4)24-17/h10,12H,5-9,11H2,1-4H3. The number of carbonyl (C=O) groups excluding carboxylic acids is 1. The van der Waals surface area contributed by atoms with Gasteiger partial charge in [-0.05, 0) is 13.3 Å². The zero-order chi connectivity index (χ0) is 18.0. The van der Waals surface area contributed by atoms with Gasteiger partial charge in [0.1, 0.15) is 5.76 Å². The van der Waals surface area contributed by atoms with Crippen molar-refractivity contribution in [1.29, 1.82) is 0 Å². The molecule has 7 nitrogen and oxygen atoms in total. The van der Waals surface area contributed by atoms with Crippen LogP contribution in [0.2, 0.25) is 0 Å². The number of carbonyl (C=O) groups is 1. The number of oxazole rings is 1. The second kappa shape index (κ2) is 7.39. The van der Waals surface area contributed by atoms with Gasteiger partial charge < -0.3 is 13.8 Å². The number of rotatable bonds is 4. The Morgan fingerprint density at radius 2 is 2.04 bits per heavy atom. The van der Waals surface area contributed by atoms with Crippen LogP contribution in [0, 0.1) is 13.8 Å². The predicted molar refractivity (Wildman–Crippen MR) is 92.4 cm³/mol. The minimum atomic E-state index is -0.0662. The van der Waals surface area contributed by atoms with Crippen LogP contribution in [0.3, 0.4) is 0 Å². The van der Waals surface area contributed by atoms with E-state index in [4.69, 9.17) is 8.94 Å². The summed E-state index contributed by atoms with van der Waals surface area (Å²) in [7, 11) is 0. The fraction of sp³-hybridized carbons (Fsp3) is 0.611. The van der Waals surface area contributed by atoms with E-state index < -0.39 is 0 Å². The second-order valence-electron chi connectivity index (χ2n) is 6.94. The number of hydrogen-bond acceptors (Lipinski definition) is 6. The maximum absolute atomic E-state index is 12.7. The van der Waals surface area contributed by atoms with Gasteiger partial charge in [0, 0.05) is 51.6 Å². The minimum absolute atomic E-state index is 0.0662. The van der Waals surface area contributed by atoms with Gasteiger partial charge in [0.25, 0.3) is 5.91 Å². The summed E-state index contributed by atoms with van der Waals surface area (Å²) < 4.78 is 10.9. The number of nitrogens with zero attached hydrogens (tertiary/aromatic N) is 4. The molecule has 0 saturated carbocycles. The van der Waals surface area contributed by atoms with E-state index in [0.29, 0.717) is 29.8 Å². The Labute approximate surface area is 148 Å². The lowest BCUT2D eigenvalue weighted by molar-refractivity contribution is 0.0726. The molecule has 136 valence electrons. The molecule has 0 radical (unpaired) electrons. The van der Waals surface area contributed by atoms with Gasteiger partial charge in [-0.1, -0.05) is 19.0 Å². The molecule has 1 aliphatic heterocycles. The highest BCUT2D eigenvalue weighted by molar-refractivity contribution is 5.92. The third-order valence-electron chi connectivity index (χ3n) is 4.51. The molecule has 3 rings (SSSR count). The first kappa shape index (κ1) is 17.7. The Hall–Kier alpha value is -2.15. The monoisotopic (exact) mass is 346 g/mol. The molecular formula is C18H26N4O3. The first-order chi connectivity index (χ1) is 11.9. The van der Waals surface area contributed by atoms with Gasteiger partial charge in [-0.25, -0.2) is 4.98 Å². The van der Waals surface area contributed by atoms with Crippen LogP contribution < -0.4 is 0 Å². The maximum Gasteiger partial charge on any atom is 0.291 e. The summed E-state index contributed by atoms with van der Waals surface area (Å²) in [5.41, 5.74) is 1.61. The number of aryl methyl sites for hydroxylation is 2. The molecule has 0 aliphatic carbocycles. The van der Waals surface area contributed by atoms with Crippen molar-refractivity contribution in [1.82, 2.24) is 19.9 Å². The van der Waals surface area contributed by atoms with E-state index in [1.54, 1.807) is 6.92 Å². The molecule has 1 saturated heterocycles. The van der Waals surface area contributed by atoms with E-state index >= 15 is 0 Å². The zero-order valence-corrected chi connectivity index (χ0v) is 15.4. The molecule has 1 amide bonds. The van der Waals surface area contributed by atoms with Crippen LogP contribution in [-0.4, -0.2) is 52.0 Å². The summed E-state index contributed by atoms with van der Waals surface area (Å²) >= 11 is 0. The van der Waals surface area contributed by atoms with E-state index in [9.17, 15) is 4.79 Å². The minimum Gasteiger partial charge on any atom is -0.436 e. The van der Waals surface area contributed by atoms with Gasteiger partial charge in [0.15, 0.2) is 5.89 Å². The summed E-state index contributed by atoms with van der Waals surface area (Å²) in [6.45, 7) is 11.6. The predicted octanol–water partition coefficient (Wildman–Crippen LogP) is 2.75. The van der Waals surface area contributed by atoms with Crippen LogP contribution in [0.4, 0.5) is 0 Å². The van der Waals surface area contributed by atoms with Crippen molar-refractivity contribution in [2.75, 3.05) is 26.2 Å². The summed E-state index contributed by atoms with van der Waals surface area (Å²) in [4.78, 5) is 21.0. The average Bonchev–Trinajstić information content (AvgIpc) is 3.07. The topological polar surface area (TPSA) is 75.6 Å². The van der Waals surface area contributed by atoms with Crippen molar-refractivity contribution >= 4 is 5.91 Å². The maximum atomic E-state index is 12.7. The molecule has 0 N–H and O–H groups in total. The Morgan fingerprint density at radius 3 is 2.68 bits per heavy atom. The molecule has 2 aromatic heterocycles.